The van der Waals surface area contributed by atoms with Crippen molar-refractivity contribution in [3.05, 3.63) is 21.9 Å². The maximum absolute atomic E-state index is 11.1. The number of nitrogens with zero attached hydrogens (tertiary/aromatic N) is 1. The van der Waals surface area contributed by atoms with Crippen molar-refractivity contribution in [2.24, 2.45) is 10.8 Å². The van der Waals surface area contributed by atoms with E-state index in [0.29, 0.717) is 6.42 Å². The molecule has 0 heterocycles. The summed E-state index contributed by atoms with van der Waals surface area (Å²) in [4.78, 5) is 21.8. The molecule has 0 bridgehead atoms. The predicted octanol–water partition coefficient (Wildman–Crippen LogP) is 2.53. The third-order valence-electron chi connectivity index (χ3n) is 2.93. The van der Waals surface area contributed by atoms with Crippen LogP contribution in [0.1, 0.15) is 41.0 Å². The Morgan fingerprint density at radius 3 is 2.41 bits per heavy atom. The molecule has 5 heteroatoms. The second-order valence-corrected chi connectivity index (χ2v) is 5.98. The van der Waals surface area contributed by atoms with Crippen LogP contribution < -0.4 is 0 Å². The molecule has 1 atom stereocenters. The van der Waals surface area contributed by atoms with Crippen LogP contribution in [-0.2, 0) is 9.53 Å². The lowest BCUT2D eigenvalue weighted by molar-refractivity contribution is -0.536. The van der Waals surface area contributed by atoms with Crippen LogP contribution in [-0.4, -0.2) is 16.9 Å². The third kappa shape index (κ3) is 3.05. The van der Waals surface area contributed by atoms with E-state index in [1.165, 1.54) is 6.92 Å². The van der Waals surface area contributed by atoms with Crippen molar-refractivity contribution in [2.75, 3.05) is 0 Å². The van der Waals surface area contributed by atoms with Crippen molar-refractivity contribution < 1.29 is 14.5 Å². The van der Waals surface area contributed by atoms with Crippen LogP contribution in [0.5, 0.6) is 0 Å². The van der Waals surface area contributed by atoms with Crippen molar-refractivity contribution in [3.8, 4) is 0 Å². The summed E-state index contributed by atoms with van der Waals surface area (Å²) in [5, 5.41) is 11.1. The lowest BCUT2D eigenvalue weighted by atomic mass is 9.66. The number of esters is 1. The zero-order chi connectivity index (χ0) is 13.4. The molecule has 1 aliphatic rings. The standard InChI is InChI=1S/C12H19NO4/c1-8(14)17-9-6-11(2,3)7-12(4,5)10(9)13(15)16/h6,10H,7H2,1-5H3. The van der Waals surface area contributed by atoms with Gasteiger partial charge in [-0.1, -0.05) is 27.7 Å². The fourth-order valence-electron chi connectivity index (χ4n) is 2.81. The van der Waals surface area contributed by atoms with Gasteiger partial charge in [0.25, 0.3) is 6.04 Å². The van der Waals surface area contributed by atoms with Crippen LogP contribution in [0.4, 0.5) is 0 Å². The topological polar surface area (TPSA) is 69.4 Å². The molecule has 17 heavy (non-hydrogen) atoms. The van der Waals surface area contributed by atoms with Crippen molar-refractivity contribution >= 4 is 5.97 Å². The number of carbonyl (C=O) groups excluding carboxylic acids is 1. The first-order chi connectivity index (χ1) is 7.55. The smallest absolute Gasteiger partial charge is 0.307 e. The van der Waals surface area contributed by atoms with Gasteiger partial charge in [-0.2, -0.15) is 0 Å². The third-order valence-corrected chi connectivity index (χ3v) is 2.93. The predicted molar refractivity (Wildman–Crippen MR) is 62.8 cm³/mol. The summed E-state index contributed by atoms with van der Waals surface area (Å²) in [6.07, 6.45) is 2.38. The van der Waals surface area contributed by atoms with Gasteiger partial charge in [0.05, 0.1) is 0 Å². The number of hydrogen-bond acceptors (Lipinski definition) is 4. The Balaban J connectivity index is 3.21. The van der Waals surface area contributed by atoms with E-state index >= 15 is 0 Å². The summed E-state index contributed by atoms with van der Waals surface area (Å²) in [7, 11) is 0. The Hall–Kier alpha value is -1.39. The first-order valence-electron chi connectivity index (χ1n) is 5.60. The molecule has 0 radical (unpaired) electrons. The van der Waals surface area contributed by atoms with E-state index in [1.807, 2.05) is 27.7 Å². The highest BCUT2D eigenvalue weighted by molar-refractivity contribution is 5.67. The number of nitro groups is 1. The molecule has 0 fully saturated rings. The molecule has 1 rings (SSSR count). The highest BCUT2D eigenvalue weighted by Crippen LogP contribution is 2.46. The minimum atomic E-state index is -0.959. The van der Waals surface area contributed by atoms with Crippen LogP contribution in [0.2, 0.25) is 0 Å². The summed E-state index contributed by atoms with van der Waals surface area (Å²) < 4.78 is 5.02. The average molecular weight is 241 g/mol. The van der Waals surface area contributed by atoms with Crippen molar-refractivity contribution in [1.82, 2.24) is 0 Å². The van der Waals surface area contributed by atoms with Crippen LogP contribution >= 0.6 is 0 Å². The molecule has 0 aromatic rings. The fraction of sp³-hybridized carbons (Fsp3) is 0.750. The van der Waals surface area contributed by atoms with Gasteiger partial charge in [-0.3, -0.25) is 14.9 Å². The largest absolute Gasteiger partial charge is 0.424 e. The van der Waals surface area contributed by atoms with Crippen molar-refractivity contribution in [1.29, 1.82) is 0 Å². The first-order valence-corrected chi connectivity index (χ1v) is 5.60. The van der Waals surface area contributed by atoms with Gasteiger partial charge in [-0.05, 0) is 17.9 Å². The Labute approximate surface area is 101 Å². The van der Waals surface area contributed by atoms with Gasteiger partial charge in [-0.25, -0.2) is 0 Å². The van der Waals surface area contributed by atoms with Gasteiger partial charge in [0.1, 0.15) is 0 Å². The van der Waals surface area contributed by atoms with E-state index in [2.05, 4.69) is 0 Å². The van der Waals surface area contributed by atoms with Gasteiger partial charge in [0.2, 0.25) is 0 Å². The molecule has 1 aliphatic carbocycles. The molecule has 96 valence electrons. The van der Waals surface area contributed by atoms with Crippen LogP contribution in [0.25, 0.3) is 0 Å². The summed E-state index contributed by atoms with van der Waals surface area (Å²) in [6.45, 7) is 8.88. The molecular formula is C12H19NO4. The SMILES string of the molecule is CC(=O)OC1=CC(C)(C)CC(C)(C)C1[N+](=O)[O-]. The molecule has 1 unspecified atom stereocenters. The molecule has 0 N–H and O–H groups in total. The molecule has 0 aliphatic heterocycles. The Morgan fingerprint density at radius 2 is 2.00 bits per heavy atom. The second kappa shape index (κ2) is 4.13. The lowest BCUT2D eigenvalue weighted by Gasteiger charge is -2.39. The Bertz CT molecular complexity index is 382. The Morgan fingerprint density at radius 1 is 1.47 bits per heavy atom. The molecule has 0 saturated heterocycles. The van der Waals surface area contributed by atoms with Gasteiger partial charge in [0.15, 0.2) is 5.76 Å². The summed E-state index contributed by atoms with van der Waals surface area (Å²) >= 11 is 0. The molecular weight excluding hydrogens is 222 g/mol. The van der Waals surface area contributed by atoms with E-state index in [4.69, 9.17) is 4.74 Å². The summed E-state index contributed by atoms with van der Waals surface area (Å²) in [5.41, 5.74) is -0.743. The van der Waals surface area contributed by atoms with E-state index in [0.717, 1.165) is 0 Å². The average Bonchev–Trinajstić information content (AvgIpc) is 1.93. The quantitative estimate of drug-likeness (QED) is 0.423. The number of rotatable bonds is 2. The molecule has 0 aromatic heterocycles. The normalized spacial score (nSPS) is 25.9. The van der Waals surface area contributed by atoms with Crippen LogP contribution in [0.3, 0.4) is 0 Å². The first kappa shape index (κ1) is 13.7. The van der Waals surface area contributed by atoms with Crippen molar-refractivity contribution in [3.63, 3.8) is 0 Å². The zero-order valence-electron chi connectivity index (χ0n) is 10.9. The fourth-order valence-corrected chi connectivity index (χ4v) is 2.81. The molecule has 0 amide bonds. The monoisotopic (exact) mass is 241 g/mol. The molecule has 0 spiro atoms. The van der Waals surface area contributed by atoms with Crippen molar-refractivity contribution in [2.45, 2.75) is 47.1 Å². The van der Waals surface area contributed by atoms with Gasteiger partial charge >= 0.3 is 5.97 Å². The van der Waals surface area contributed by atoms with Crippen LogP contribution in [0, 0.1) is 20.9 Å². The maximum Gasteiger partial charge on any atom is 0.307 e. The Kier molecular flexibility index (Phi) is 3.32. The van der Waals surface area contributed by atoms with Gasteiger partial charge in [0, 0.05) is 17.3 Å². The summed E-state index contributed by atoms with van der Waals surface area (Å²) in [6, 6.07) is -0.959. The number of hydrogen-bond donors (Lipinski definition) is 0. The lowest BCUT2D eigenvalue weighted by Crippen LogP contribution is -2.45. The highest BCUT2D eigenvalue weighted by Gasteiger charge is 2.50. The molecule has 0 aromatic carbocycles. The maximum atomic E-state index is 11.1. The van der Waals surface area contributed by atoms with Gasteiger partial charge < -0.3 is 4.74 Å². The van der Waals surface area contributed by atoms with E-state index in [9.17, 15) is 14.9 Å². The summed E-state index contributed by atoms with van der Waals surface area (Å²) in [5.74, 6) is -0.347. The second-order valence-electron chi connectivity index (χ2n) is 5.98. The molecule has 0 saturated carbocycles. The van der Waals surface area contributed by atoms with E-state index in [-0.39, 0.29) is 16.1 Å². The number of allylic oxidation sites excluding steroid dienone is 1. The highest BCUT2D eigenvalue weighted by atomic mass is 16.6. The van der Waals surface area contributed by atoms with E-state index in [1.54, 1.807) is 6.08 Å². The minimum Gasteiger partial charge on any atom is -0.424 e. The number of ether oxygens (including phenoxy) is 1. The number of carbonyl (C=O) groups is 1. The minimum absolute atomic E-state index is 0.170. The van der Waals surface area contributed by atoms with Gasteiger partial charge in [-0.15, -0.1) is 0 Å². The van der Waals surface area contributed by atoms with Crippen LogP contribution in [0.15, 0.2) is 11.8 Å². The zero-order valence-corrected chi connectivity index (χ0v) is 10.9. The molecule has 5 nitrogen and oxygen atoms in total. The van der Waals surface area contributed by atoms with E-state index < -0.39 is 17.4 Å².